The first kappa shape index (κ1) is 16.2. The van der Waals surface area contributed by atoms with E-state index in [1.165, 1.54) is 14.2 Å². The SMILES string of the molecule is COC(=O)c1ccc(CNC(C(=O)OC)C(C)C)cc1. The van der Waals surface area contributed by atoms with Gasteiger partial charge >= 0.3 is 11.9 Å². The van der Waals surface area contributed by atoms with Gasteiger partial charge in [0.1, 0.15) is 6.04 Å². The smallest absolute Gasteiger partial charge is 0.337 e. The molecule has 0 saturated carbocycles. The summed E-state index contributed by atoms with van der Waals surface area (Å²) >= 11 is 0. The molecule has 0 saturated heterocycles. The highest BCUT2D eigenvalue weighted by Crippen LogP contribution is 2.08. The zero-order chi connectivity index (χ0) is 15.1. The van der Waals surface area contributed by atoms with Crippen LogP contribution in [0.4, 0.5) is 0 Å². The maximum Gasteiger partial charge on any atom is 0.337 e. The molecule has 1 atom stereocenters. The standard InChI is InChI=1S/C15H21NO4/c1-10(2)13(15(18)20-4)16-9-11-5-7-12(8-6-11)14(17)19-3/h5-8,10,13,16H,9H2,1-4H3. The molecule has 0 amide bonds. The highest BCUT2D eigenvalue weighted by molar-refractivity contribution is 5.89. The van der Waals surface area contributed by atoms with Gasteiger partial charge in [0.05, 0.1) is 19.8 Å². The fraction of sp³-hybridized carbons (Fsp3) is 0.467. The number of carbonyl (C=O) groups is 2. The molecule has 1 aromatic carbocycles. The van der Waals surface area contributed by atoms with Crippen LogP contribution in [0.25, 0.3) is 0 Å². The summed E-state index contributed by atoms with van der Waals surface area (Å²) < 4.78 is 9.40. The molecule has 0 heterocycles. The van der Waals surface area contributed by atoms with E-state index in [2.05, 4.69) is 10.1 Å². The molecule has 5 nitrogen and oxygen atoms in total. The van der Waals surface area contributed by atoms with Crippen LogP contribution in [0.15, 0.2) is 24.3 Å². The molecule has 0 spiro atoms. The molecule has 1 unspecified atom stereocenters. The summed E-state index contributed by atoms with van der Waals surface area (Å²) in [5.41, 5.74) is 1.48. The van der Waals surface area contributed by atoms with E-state index >= 15 is 0 Å². The first-order valence-electron chi connectivity index (χ1n) is 6.48. The third-order valence-electron chi connectivity index (χ3n) is 3.02. The molecule has 0 radical (unpaired) electrons. The van der Waals surface area contributed by atoms with E-state index in [1.54, 1.807) is 12.1 Å². The number of carbonyl (C=O) groups excluding carboxylic acids is 2. The van der Waals surface area contributed by atoms with E-state index < -0.39 is 0 Å². The second-order valence-corrected chi connectivity index (χ2v) is 4.81. The molecule has 1 N–H and O–H groups in total. The van der Waals surface area contributed by atoms with Gasteiger partial charge in [0.15, 0.2) is 0 Å². The lowest BCUT2D eigenvalue weighted by atomic mass is 10.0. The Bertz CT molecular complexity index is 453. The Kier molecular flexibility index (Phi) is 6.18. The third-order valence-corrected chi connectivity index (χ3v) is 3.02. The highest BCUT2D eigenvalue weighted by Gasteiger charge is 2.22. The van der Waals surface area contributed by atoms with Crippen LogP contribution in [-0.2, 0) is 20.8 Å². The van der Waals surface area contributed by atoms with Gasteiger partial charge in [-0.2, -0.15) is 0 Å². The van der Waals surface area contributed by atoms with Gasteiger partial charge in [0.25, 0.3) is 0 Å². The van der Waals surface area contributed by atoms with Crippen LogP contribution in [0.3, 0.4) is 0 Å². The molecule has 0 fully saturated rings. The van der Waals surface area contributed by atoms with Crippen molar-refractivity contribution in [2.75, 3.05) is 14.2 Å². The van der Waals surface area contributed by atoms with Crippen molar-refractivity contribution < 1.29 is 19.1 Å². The second-order valence-electron chi connectivity index (χ2n) is 4.81. The molecule has 0 aliphatic carbocycles. The van der Waals surface area contributed by atoms with E-state index in [4.69, 9.17) is 4.74 Å². The van der Waals surface area contributed by atoms with Gasteiger partial charge in [-0.15, -0.1) is 0 Å². The van der Waals surface area contributed by atoms with Gasteiger partial charge in [0, 0.05) is 6.54 Å². The number of rotatable bonds is 6. The van der Waals surface area contributed by atoms with E-state index in [-0.39, 0.29) is 23.9 Å². The lowest BCUT2D eigenvalue weighted by Gasteiger charge is -2.19. The van der Waals surface area contributed by atoms with Crippen molar-refractivity contribution in [3.63, 3.8) is 0 Å². The average molecular weight is 279 g/mol. The molecular weight excluding hydrogens is 258 g/mol. The molecule has 20 heavy (non-hydrogen) atoms. The van der Waals surface area contributed by atoms with Gasteiger partial charge in [-0.3, -0.25) is 4.79 Å². The molecule has 0 aromatic heterocycles. The van der Waals surface area contributed by atoms with Crippen LogP contribution < -0.4 is 5.32 Å². The molecule has 0 aliphatic heterocycles. The summed E-state index contributed by atoms with van der Waals surface area (Å²) in [6.07, 6.45) is 0. The normalized spacial score (nSPS) is 12.1. The van der Waals surface area contributed by atoms with E-state index in [1.807, 2.05) is 26.0 Å². The number of methoxy groups -OCH3 is 2. The zero-order valence-corrected chi connectivity index (χ0v) is 12.3. The van der Waals surface area contributed by atoms with Gasteiger partial charge in [-0.1, -0.05) is 26.0 Å². The Morgan fingerprint density at radius 2 is 1.70 bits per heavy atom. The molecule has 5 heteroatoms. The van der Waals surface area contributed by atoms with Crippen LogP contribution >= 0.6 is 0 Å². The Morgan fingerprint density at radius 3 is 2.15 bits per heavy atom. The Balaban J connectivity index is 2.64. The molecular formula is C15H21NO4. The van der Waals surface area contributed by atoms with E-state index in [0.29, 0.717) is 12.1 Å². The molecule has 110 valence electrons. The zero-order valence-electron chi connectivity index (χ0n) is 12.3. The van der Waals surface area contributed by atoms with Crippen LogP contribution in [0.2, 0.25) is 0 Å². The first-order valence-corrected chi connectivity index (χ1v) is 6.48. The largest absolute Gasteiger partial charge is 0.468 e. The Morgan fingerprint density at radius 1 is 1.10 bits per heavy atom. The number of hydrogen-bond acceptors (Lipinski definition) is 5. The highest BCUT2D eigenvalue weighted by atomic mass is 16.5. The Hall–Kier alpha value is -1.88. The monoisotopic (exact) mass is 279 g/mol. The average Bonchev–Trinajstić information content (AvgIpc) is 2.46. The molecule has 0 aliphatic rings. The predicted molar refractivity (Wildman–Crippen MR) is 75.3 cm³/mol. The van der Waals surface area contributed by atoms with Crippen LogP contribution in [0.5, 0.6) is 0 Å². The summed E-state index contributed by atoms with van der Waals surface area (Å²) in [5.74, 6) is -0.498. The maximum absolute atomic E-state index is 11.6. The van der Waals surface area contributed by atoms with E-state index in [0.717, 1.165) is 5.56 Å². The van der Waals surface area contributed by atoms with Crippen molar-refractivity contribution in [2.45, 2.75) is 26.4 Å². The van der Waals surface area contributed by atoms with Crippen molar-refractivity contribution in [1.82, 2.24) is 5.32 Å². The van der Waals surface area contributed by atoms with Crippen molar-refractivity contribution in [3.8, 4) is 0 Å². The fourth-order valence-electron chi connectivity index (χ4n) is 1.82. The summed E-state index contributed by atoms with van der Waals surface area (Å²) in [7, 11) is 2.73. The lowest BCUT2D eigenvalue weighted by Crippen LogP contribution is -2.41. The van der Waals surface area contributed by atoms with Crippen molar-refractivity contribution in [2.24, 2.45) is 5.92 Å². The molecule has 0 bridgehead atoms. The summed E-state index contributed by atoms with van der Waals surface area (Å²) in [6, 6.07) is 6.71. The van der Waals surface area contributed by atoms with Gasteiger partial charge in [-0.25, -0.2) is 4.79 Å². The number of hydrogen-bond donors (Lipinski definition) is 1. The maximum atomic E-state index is 11.6. The Labute approximate surface area is 119 Å². The van der Waals surface area contributed by atoms with Crippen LogP contribution in [0.1, 0.15) is 29.8 Å². The minimum atomic E-state index is -0.362. The minimum absolute atomic E-state index is 0.136. The molecule has 1 rings (SSSR count). The second kappa shape index (κ2) is 7.65. The number of benzene rings is 1. The number of esters is 2. The predicted octanol–water partition coefficient (Wildman–Crippen LogP) is 1.76. The number of ether oxygens (including phenoxy) is 2. The van der Waals surface area contributed by atoms with Crippen LogP contribution in [-0.4, -0.2) is 32.2 Å². The molecule has 1 aromatic rings. The van der Waals surface area contributed by atoms with Crippen molar-refractivity contribution in [3.05, 3.63) is 35.4 Å². The summed E-state index contributed by atoms with van der Waals surface area (Å²) in [5, 5.41) is 3.16. The van der Waals surface area contributed by atoms with Gasteiger partial charge in [0.2, 0.25) is 0 Å². The van der Waals surface area contributed by atoms with Crippen molar-refractivity contribution >= 4 is 11.9 Å². The van der Waals surface area contributed by atoms with Gasteiger partial charge in [-0.05, 0) is 23.6 Å². The fourth-order valence-corrected chi connectivity index (χ4v) is 1.82. The first-order chi connectivity index (χ1) is 9.49. The van der Waals surface area contributed by atoms with E-state index in [9.17, 15) is 9.59 Å². The lowest BCUT2D eigenvalue weighted by molar-refractivity contribution is -0.144. The summed E-state index contributed by atoms with van der Waals surface area (Å²) in [4.78, 5) is 22.9. The minimum Gasteiger partial charge on any atom is -0.468 e. The summed E-state index contributed by atoms with van der Waals surface area (Å²) in [6.45, 7) is 4.43. The third kappa shape index (κ3) is 4.35. The van der Waals surface area contributed by atoms with Crippen molar-refractivity contribution in [1.29, 1.82) is 0 Å². The van der Waals surface area contributed by atoms with Crippen LogP contribution in [0, 0.1) is 5.92 Å². The quantitative estimate of drug-likeness (QED) is 0.804. The topological polar surface area (TPSA) is 64.6 Å². The van der Waals surface area contributed by atoms with Gasteiger partial charge < -0.3 is 14.8 Å². The number of nitrogens with one attached hydrogen (secondary N) is 1.